The average molecular weight is 1720 g/mol. The minimum absolute atomic E-state index is 0.747. The maximum absolute atomic E-state index is 6.30. The van der Waals surface area contributed by atoms with Crippen molar-refractivity contribution in [2.75, 3.05) is 26.4 Å². The van der Waals surface area contributed by atoms with Gasteiger partial charge in [0, 0.05) is 32.9 Å². The van der Waals surface area contributed by atoms with Crippen LogP contribution in [0.25, 0.3) is 139 Å². The summed E-state index contributed by atoms with van der Waals surface area (Å²) in [4.78, 5) is 0. The van der Waals surface area contributed by atoms with Gasteiger partial charge in [0.25, 0.3) is 0 Å². The van der Waals surface area contributed by atoms with E-state index in [9.17, 15) is 0 Å². The molecule has 0 aliphatic rings. The van der Waals surface area contributed by atoms with Gasteiger partial charge in [-0.25, -0.2) is 0 Å². The predicted molar refractivity (Wildman–Crippen MR) is 565 cm³/mol. The van der Waals surface area contributed by atoms with Crippen molar-refractivity contribution in [2.24, 2.45) is 0 Å². The number of hydrogen-bond donors (Lipinski definition) is 0. The molecule has 0 N–H and O–H groups in total. The van der Waals surface area contributed by atoms with Gasteiger partial charge >= 0.3 is 0 Å². The molecule has 14 aromatic rings. The Labute approximate surface area is 778 Å². The molecule has 670 valence electrons. The quantitative estimate of drug-likeness (QED) is 0.0282. The summed E-state index contributed by atoms with van der Waals surface area (Å²) in [5, 5.41) is 4.87. The van der Waals surface area contributed by atoms with Crippen LogP contribution in [0.1, 0.15) is 300 Å². The molecule has 0 amide bonds. The fraction of sp³-hybridized carbons (Fsp3) is 0.323. The zero-order valence-corrected chi connectivity index (χ0v) is 78.3. The van der Waals surface area contributed by atoms with Crippen LogP contribution in [0.3, 0.4) is 0 Å². The highest BCUT2D eigenvalue weighted by Gasteiger charge is 2.17. The van der Waals surface area contributed by atoms with Crippen molar-refractivity contribution in [3.05, 3.63) is 334 Å². The second-order valence-corrected chi connectivity index (χ2v) is 35.8. The Morgan fingerprint density at radius 3 is 0.662 bits per heavy atom. The molecule has 0 saturated heterocycles. The molecule has 14 rings (SSSR count). The van der Waals surface area contributed by atoms with Crippen molar-refractivity contribution in [3.63, 3.8) is 0 Å². The van der Waals surface area contributed by atoms with Gasteiger partial charge < -0.3 is 28.1 Å². The van der Waals surface area contributed by atoms with Crippen LogP contribution in [0.15, 0.2) is 267 Å². The number of fused-ring (bicyclic) bond motifs is 6. The highest BCUT2D eigenvalue weighted by atomic mass is 16.5. The third-order valence-electron chi connectivity index (χ3n) is 25.3. The summed E-state index contributed by atoms with van der Waals surface area (Å²) in [7, 11) is 0. The van der Waals surface area contributed by atoms with Crippen LogP contribution in [0.5, 0.6) is 23.0 Å². The topological polar surface area (TPSA) is 46.8 Å². The number of benzene rings is 12. The monoisotopic (exact) mass is 1720 g/mol. The molecule has 0 spiro atoms. The maximum Gasteiger partial charge on any atom is 0.119 e. The Morgan fingerprint density at radius 2 is 0.400 bits per heavy atom. The number of unbranched alkanes of at least 4 members (excludes halogenated alkanes) is 28. The molecule has 6 heteroatoms. The number of para-hydroxylation sites is 2. The summed E-state index contributed by atoms with van der Waals surface area (Å²) in [6, 6.07) is 97.4. The normalized spacial score (nSPS) is 12.0. The van der Waals surface area contributed by atoms with Crippen molar-refractivity contribution in [2.45, 2.75) is 233 Å². The second-order valence-electron chi connectivity index (χ2n) is 35.8. The van der Waals surface area contributed by atoms with Crippen LogP contribution >= 0.6 is 0 Å². The van der Waals surface area contributed by atoms with Crippen LogP contribution < -0.4 is 18.9 Å². The summed E-state index contributed by atoms with van der Waals surface area (Å²) in [5.74, 6) is 3.69. The summed E-state index contributed by atoms with van der Waals surface area (Å²) in [6.45, 7) is 12.1. The van der Waals surface area contributed by atoms with E-state index in [4.69, 9.17) is 18.9 Å². The Bertz CT molecular complexity index is 5460. The van der Waals surface area contributed by atoms with E-state index in [0.29, 0.717) is 0 Å². The molecule has 6 nitrogen and oxygen atoms in total. The Kier molecular flexibility index (Phi) is 37.5. The number of ether oxygens (including phenoxy) is 4. The molecule has 130 heavy (non-hydrogen) atoms. The Hall–Kier alpha value is -12.1. The minimum Gasteiger partial charge on any atom is -0.494 e. The molecule has 2 aromatic heterocycles. The van der Waals surface area contributed by atoms with E-state index >= 15 is 0 Å². The lowest BCUT2D eigenvalue weighted by atomic mass is 10.0. The van der Waals surface area contributed by atoms with Gasteiger partial charge in [-0.3, -0.25) is 0 Å². The predicted octanol–water partition coefficient (Wildman–Crippen LogP) is 36.6. The molecule has 0 bridgehead atoms. The van der Waals surface area contributed by atoms with E-state index in [2.05, 4.69) is 377 Å². The number of nitrogens with zero attached hydrogens (tertiary/aromatic N) is 2. The van der Waals surface area contributed by atoms with Crippen molar-refractivity contribution in [1.29, 1.82) is 0 Å². The van der Waals surface area contributed by atoms with Crippen molar-refractivity contribution in [3.8, 4) is 45.5 Å². The van der Waals surface area contributed by atoms with Gasteiger partial charge in [-0.15, -0.1) is 0 Å². The summed E-state index contributed by atoms with van der Waals surface area (Å²) in [5.41, 5.74) is 22.7. The minimum atomic E-state index is 0.747. The highest BCUT2D eigenvalue weighted by molar-refractivity contribution is 6.11. The van der Waals surface area contributed by atoms with E-state index in [1.165, 1.54) is 223 Å². The SMILES string of the molecule is CCCCCCCCCCOc1cccc(/C=C/c2cc(/C=C/c3cccc(OCCCCCCCCCC)c3)cc(/C=C/c3ccc4c(c3)c3ccccc3n4-c3ccc(-c4ccc(-n5c6ccccc6c6cc(/C=C/c7cc(/C=C/c8cccc(OCCCCCCCCCC)c8)cc(/C=C/c8cccc(OCCCCCCCCCC)c8)c7)ccc65)cc4)cc3)c2)c1. The lowest BCUT2D eigenvalue weighted by Gasteiger charge is -2.11. The molecular formula is C124H140N2O4. The highest BCUT2D eigenvalue weighted by Crippen LogP contribution is 2.38. The van der Waals surface area contributed by atoms with Gasteiger partial charge in [0.05, 0.1) is 48.5 Å². The molecule has 0 saturated carbocycles. The van der Waals surface area contributed by atoms with Gasteiger partial charge in [0.15, 0.2) is 0 Å². The summed E-state index contributed by atoms with van der Waals surface area (Å²) >= 11 is 0. The number of rotatable bonds is 55. The van der Waals surface area contributed by atoms with Crippen LogP contribution in [0.2, 0.25) is 0 Å². The van der Waals surface area contributed by atoms with Crippen molar-refractivity contribution in [1.82, 2.24) is 9.13 Å². The van der Waals surface area contributed by atoms with Gasteiger partial charge in [-0.05, 0) is 249 Å². The fourth-order valence-corrected chi connectivity index (χ4v) is 18.0. The van der Waals surface area contributed by atoms with E-state index < -0.39 is 0 Å². The molecule has 0 fully saturated rings. The molecule has 0 radical (unpaired) electrons. The average Bonchev–Trinajstić information content (AvgIpc) is 1.60. The number of hydrogen-bond acceptors (Lipinski definition) is 4. The largest absolute Gasteiger partial charge is 0.494 e. The van der Waals surface area contributed by atoms with Crippen LogP contribution in [0.4, 0.5) is 0 Å². The first kappa shape index (κ1) is 94.0. The first-order valence-electron chi connectivity index (χ1n) is 49.9. The zero-order chi connectivity index (χ0) is 89.2. The van der Waals surface area contributed by atoms with Crippen LogP contribution in [-0.2, 0) is 0 Å². The molecule has 0 unspecified atom stereocenters. The Morgan fingerprint density at radius 1 is 0.177 bits per heavy atom. The summed E-state index contributed by atoms with van der Waals surface area (Å²) in [6.07, 6.45) is 67.8. The Balaban J connectivity index is 0.665. The smallest absolute Gasteiger partial charge is 0.119 e. The molecule has 2 heterocycles. The van der Waals surface area contributed by atoms with Gasteiger partial charge in [0.1, 0.15) is 23.0 Å². The van der Waals surface area contributed by atoms with Gasteiger partial charge in [-0.1, -0.05) is 402 Å². The van der Waals surface area contributed by atoms with Crippen LogP contribution in [0, 0.1) is 0 Å². The van der Waals surface area contributed by atoms with E-state index in [-0.39, 0.29) is 0 Å². The second kappa shape index (κ2) is 51.9. The standard InChI is InChI=1S/C124H140N2O4/c1-5-9-13-17-21-25-29-37-81-127-113-49-41-45-97(91-113)57-63-103-85-104(64-58-98-46-42-50-114(92-98)128-82-38-30-26-22-18-14-10-6-2)88-107(87-103)67-61-101-69-79-123-119(95-101)117-53-33-35-55-121(117)125(123)111-75-71-109(72-76-111)110-73-77-112(78-74-110)126-122-56-36-34-54-118(122)120-96-102(70-80-124(120)126)62-68-108-89-105(65-59-99-47-43-51-115(93-99)129-83-39-31-27-23-19-15-11-7-3)86-106(90-108)66-60-100-48-44-52-116(94-100)130-84-40-32-28-24-20-16-12-8-4/h33-36,41-80,85-96H,5-32,37-40,81-84H2,1-4H3/b63-57+,64-58+,65-59+,66-60+,67-61+,68-62+. The molecule has 0 aliphatic carbocycles. The lowest BCUT2D eigenvalue weighted by Crippen LogP contribution is -1.97. The third-order valence-corrected chi connectivity index (χ3v) is 25.3. The van der Waals surface area contributed by atoms with E-state index in [0.717, 1.165) is 164 Å². The fourth-order valence-electron chi connectivity index (χ4n) is 18.0. The maximum atomic E-state index is 6.30. The molecule has 12 aromatic carbocycles. The van der Waals surface area contributed by atoms with Crippen LogP contribution in [-0.4, -0.2) is 35.6 Å². The van der Waals surface area contributed by atoms with E-state index in [1.807, 2.05) is 0 Å². The zero-order valence-electron chi connectivity index (χ0n) is 78.3. The molecule has 0 atom stereocenters. The summed E-state index contributed by atoms with van der Waals surface area (Å²) < 4.78 is 30.0. The van der Waals surface area contributed by atoms with Crippen molar-refractivity contribution >= 4 is 117 Å². The van der Waals surface area contributed by atoms with E-state index in [1.54, 1.807) is 0 Å². The van der Waals surface area contributed by atoms with Gasteiger partial charge in [0.2, 0.25) is 0 Å². The van der Waals surface area contributed by atoms with Crippen molar-refractivity contribution < 1.29 is 18.9 Å². The first-order chi connectivity index (χ1) is 64.3. The van der Waals surface area contributed by atoms with Gasteiger partial charge in [-0.2, -0.15) is 0 Å². The number of aromatic nitrogens is 2. The lowest BCUT2D eigenvalue weighted by molar-refractivity contribution is 0.304. The third kappa shape index (κ3) is 28.9. The first-order valence-corrected chi connectivity index (χ1v) is 49.9. The molecular weight excluding hydrogens is 1580 g/mol. The molecule has 0 aliphatic heterocycles.